The van der Waals surface area contributed by atoms with E-state index in [1.807, 2.05) is 6.92 Å². The van der Waals surface area contributed by atoms with Gasteiger partial charge in [-0.3, -0.25) is 14.2 Å². The number of aromatic nitrogens is 2. The quantitative estimate of drug-likeness (QED) is 0.638. The molecule has 0 fully saturated rings. The van der Waals surface area contributed by atoms with Crippen LogP contribution in [0.3, 0.4) is 0 Å². The predicted octanol–water partition coefficient (Wildman–Crippen LogP) is 3.19. The lowest BCUT2D eigenvalue weighted by Crippen LogP contribution is -2.22. The normalized spacial score (nSPS) is 19.2. The first-order chi connectivity index (χ1) is 10.4. The summed E-state index contributed by atoms with van der Waals surface area (Å²) in [5.74, 6) is 0.773. The molecular weight excluding hydrogens is 316 g/mol. The van der Waals surface area contributed by atoms with E-state index in [1.165, 1.54) is 22.2 Å². The van der Waals surface area contributed by atoms with Crippen LogP contribution in [-0.2, 0) is 24.7 Å². The van der Waals surface area contributed by atoms with E-state index in [4.69, 9.17) is 0 Å². The molecule has 1 aliphatic rings. The lowest BCUT2D eigenvalue weighted by Gasteiger charge is -2.17. The monoisotopic (exact) mass is 336 g/mol. The topological polar surface area (TPSA) is 52.0 Å². The summed E-state index contributed by atoms with van der Waals surface area (Å²) in [6.45, 7) is 5.68. The van der Waals surface area contributed by atoms with E-state index in [1.54, 1.807) is 29.9 Å². The molecule has 0 radical (unpaired) electrons. The molecule has 0 spiro atoms. The van der Waals surface area contributed by atoms with Crippen LogP contribution in [0, 0.1) is 5.92 Å². The van der Waals surface area contributed by atoms with Gasteiger partial charge in [0.1, 0.15) is 10.6 Å². The number of thiophene rings is 1. The maximum absolute atomic E-state index is 12.7. The number of carbonyl (C=O) groups is 1. The van der Waals surface area contributed by atoms with Gasteiger partial charge in [-0.1, -0.05) is 18.7 Å². The van der Waals surface area contributed by atoms with Gasteiger partial charge >= 0.3 is 0 Å². The minimum absolute atomic E-state index is 0.0234. The fourth-order valence-electron chi connectivity index (χ4n) is 2.80. The van der Waals surface area contributed by atoms with Gasteiger partial charge in [0.05, 0.1) is 10.6 Å². The van der Waals surface area contributed by atoms with E-state index >= 15 is 0 Å². The fourth-order valence-corrected chi connectivity index (χ4v) is 5.10. The van der Waals surface area contributed by atoms with Crippen molar-refractivity contribution in [3.05, 3.63) is 20.8 Å². The Balaban J connectivity index is 2.13. The number of rotatable bonds is 3. The summed E-state index contributed by atoms with van der Waals surface area (Å²) in [6, 6.07) is 0. The van der Waals surface area contributed by atoms with Crippen molar-refractivity contribution in [1.82, 2.24) is 9.55 Å². The first kappa shape index (κ1) is 15.7. The summed E-state index contributed by atoms with van der Waals surface area (Å²) < 4.78 is 1.59. The molecular formula is C16H20N2O2S2. The van der Waals surface area contributed by atoms with Crippen molar-refractivity contribution < 1.29 is 4.79 Å². The first-order valence-corrected chi connectivity index (χ1v) is 9.26. The number of thioether (sulfide) groups is 1. The molecule has 0 saturated heterocycles. The van der Waals surface area contributed by atoms with Crippen molar-refractivity contribution in [3.63, 3.8) is 0 Å². The zero-order chi connectivity index (χ0) is 16.0. The number of Topliss-reactive ketones (excluding diaryl/α,β-unsaturated/α-hetero) is 1. The third-order valence-corrected chi connectivity index (χ3v) is 6.76. The molecule has 2 heterocycles. The van der Waals surface area contributed by atoms with Gasteiger partial charge in [0.25, 0.3) is 5.56 Å². The molecule has 2 unspecified atom stereocenters. The van der Waals surface area contributed by atoms with Crippen LogP contribution in [0.4, 0.5) is 0 Å². The van der Waals surface area contributed by atoms with Gasteiger partial charge in [-0.25, -0.2) is 4.98 Å². The van der Waals surface area contributed by atoms with Crippen LogP contribution in [0.1, 0.15) is 37.6 Å². The van der Waals surface area contributed by atoms with Crippen LogP contribution in [0.5, 0.6) is 0 Å². The first-order valence-electron chi connectivity index (χ1n) is 7.56. The van der Waals surface area contributed by atoms with Gasteiger partial charge in [0.2, 0.25) is 0 Å². The number of hydrogen-bond acceptors (Lipinski definition) is 5. The van der Waals surface area contributed by atoms with Crippen LogP contribution >= 0.6 is 23.1 Å². The summed E-state index contributed by atoms with van der Waals surface area (Å²) >= 11 is 3.02. The van der Waals surface area contributed by atoms with Crippen LogP contribution in [0.25, 0.3) is 10.2 Å². The smallest absolute Gasteiger partial charge is 0.262 e. The van der Waals surface area contributed by atoms with Crippen molar-refractivity contribution in [2.24, 2.45) is 13.0 Å². The van der Waals surface area contributed by atoms with Crippen molar-refractivity contribution in [2.75, 3.05) is 0 Å². The molecule has 1 aliphatic carbocycles. The zero-order valence-corrected chi connectivity index (χ0v) is 14.9. The third-order valence-electron chi connectivity index (χ3n) is 4.35. The lowest BCUT2D eigenvalue weighted by molar-refractivity contribution is -0.116. The highest BCUT2D eigenvalue weighted by Gasteiger charge is 2.24. The predicted molar refractivity (Wildman–Crippen MR) is 92.1 cm³/mol. The van der Waals surface area contributed by atoms with Crippen molar-refractivity contribution >= 4 is 39.1 Å². The Morgan fingerprint density at radius 1 is 1.50 bits per heavy atom. The SMILES string of the molecule is CC(=O)C(C)Sc1nc2sc3c(c2c(=O)n1C)CCC(C)C3. The molecule has 0 amide bonds. The molecule has 2 aromatic heterocycles. The average Bonchev–Trinajstić information content (AvgIpc) is 2.81. The number of nitrogens with zero attached hydrogens (tertiary/aromatic N) is 2. The van der Waals surface area contributed by atoms with Crippen LogP contribution in [0.2, 0.25) is 0 Å². The summed E-state index contributed by atoms with van der Waals surface area (Å²) in [5.41, 5.74) is 1.23. The molecule has 118 valence electrons. The maximum Gasteiger partial charge on any atom is 0.262 e. The van der Waals surface area contributed by atoms with Gasteiger partial charge in [0, 0.05) is 11.9 Å². The Morgan fingerprint density at radius 3 is 2.91 bits per heavy atom. The molecule has 2 aromatic rings. The van der Waals surface area contributed by atoms with E-state index in [2.05, 4.69) is 11.9 Å². The third kappa shape index (κ3) is 2.63. The van der Waals surface area contributed by atoms with E-state index in [-0.39, 0.29) is 16.6 Å². The van der Waals surface area contributed by atoms with Crippen molar-refractivity contribution in [3.8, 4) is 0 Å². The van der Waals surface area contributed by atoms with Gasteiger partial charge < -0.3 is 0 Å². The fraction of sp³-hybridized carbons (Fsp3) is 0.562. The number of carbonyl (C=O) groups excluding carboxylic acids is 1. The second-order valence-electron chi connectivity index (χ2n) is 6.16. The van der Waals surface area contributed by atoms with Crippen LogP contribution in [-0.4, -0.2) is 20.6 Å². The maximum atomic E-state index is 12.7. The summed E-state index contributed by atoms with van der Waals surface area (Å²) in [6.07, 6.45) is 3.16. The second kappa shape index (κ2) is 5.81. The molecule has 22 heavy (non-hydrogen) atoms. The Bertz CT molecular complexity index is 807. The number of ketones is 1. The van der Waals surface area contributed by atoms with E-state index < -0.39 is 0 Å². The van der Waals surface area contributed by atoms with Crippen molar-refractivity contribution in [1.29, 1.82) is 0 Å². The minimum atomic E-state index is -0.190. The van der Waals surface area contributed by atoms with E-state index in [9.17, 15) is 9.59 Å². The molecule has 4 nitrogen and oxygen atoms in total. The highest BCUT2D eigenvalue weighted by molar-refractivity contribution is 8.00. The number of hydrogen-bond donors (Lipinski definition) is 0. The number of aryl methyl sites for hydroxylation is 1. The molecule has 3 rings (SSSR count). The molecule has 6 heteroatoms. The highest BCUT2D eigenvalue weighted by atomic mass is 32.2. The van der Waals surface area contributed by atoms with Crippen LogP contribution < -0.4 is 5.56 Å². The lowest BCUT2D eigenvalue weighted by atomic mass is 9.89. The summed E-state index contributed by atoms with van der Waals surface area (Å²) in [7, 11) is 1.75. The van der Waals surface area contributed by atoms with Gasteiger partial charge in [-0.15, -0.1) is 11.3 Å². The largest absolute Gasteiger partial charge is 0.299 e. The standard InChI is InChI=1S/C16H20N2O2S2/c1-8-5-6-11-12(7-8)22-14-13(11)15(20)18(4)16(17-14)21-10(3)9(2)19/h8,10H,5-7H2,1-4H3. The molecule has 0 N–H and O–H groups in total. The van der Waals surface area contributed by atoms with E-state index in [0.29, 0.717) is 11.1 Å². The Hall–Kier alpha value is -1.14. The van der Waals surface area contributed by atoms with Crippen molar-refractivity contribution in [2.45, 2.75) is 50.4 Å². The van der Waals surface area contributed by atoms with E-state index in [0.717, 1.165) is 29.5 Å². The molecule has 0 aromatic carbocycles. The molecule has 0 aliphatic heterocycles. The van der Waals surface area contributed by atoms with Gasteiger partial charge in [-0.05, 0) is 44.6 Å². The summed E-state index contributed by atoms with van der Waals surface area (Å²) in [4.78, 5) is 31.0. The van der Waals surface area contributed by atoms with Gasteiger partial charge in [-0.2, -0.15) is 0 Å². The molecule has 0 bridgehead atoms. The highest BCUT2D eigenvalue weighted by Crippen LogP contribution is 2.36. The number of fused-ring (bicyclic) bond motifs is 3. The van der Waals surface area contributed by atoms with Crippen LogP contribution in [0.15, 0.2) is 9.95 Å². The molecule has 0 saturated carbocycles. The zero-order valence-electron chi connectivity index (χ0n) is 13.3. The van der Waals surface area contributed by atoms with Gasteiger partial charge in [0.15, 0.2) is 5.16 Å². The Labute approximate surface area is 137 Å². The summed E-state index contributed by atoms with van der Waals surface area (Å²) in [5, 5.41) is 1.24. The minimum Gasteiger partial charge on any atom is -0.299 e. The Kier molecular flexibility index (Phi) is 4.16. The molecule has 2 atom stereocenters. The average molecular weight is 336 g/mol. The second-order valence-corrected chi connectivity index (χ2v) is 8.55. The Morgan fingerprint density at radius 2 is 2.23 bits per heavy atom.